The Balaban J connectivity index is 2.60. The van der Waals surface area contributed by atoms with E-state index in [0.29, 0.717) is 11.4 Å². The number of rotatable bonds is 6. The highest BCUT2D eigenvalue weighted by Gasteiger charge is 2.08. The molecule has 0 fully saturated rings. The Labute approximate surface area is 110 Å². The van der Waals surface area contributed by atoms with E-state index in [-0.39, 0.29) is 6.61 Å². The third-order valence-electron chi connectivity index (χ3n) is 1.86. The van der Waals surface area contributed by atoms with Crippen molar-refractivity contribution in [1.29, 1.82) is 0 Å². The standard InChI is InChI=1S/C10H12ClNO5S/c1-16-10(13)6-17-9-4-2-8(3-5-9)12-18(14,15)7-11/h2-5,12H,6-7H2,1H3. The predicted octanol–water partition coefficient (Wildman–Crippen LogP) is 1.18. The number of benzene rings is 1. The molecule has 100 valence electrons. The molecule has 18 heavy (non-hydrogen) atoms. The second-order valence-corrected chi connectivity index (χ2v) is 5.52. The van der Waals surface area contributed by atoms with E-state index in [4.69, 9.17) is 16.3 Å². The van der Waals surface area contributed by atoms with Crippen molar-refractivity contribution in [1.82, 2.24) is 0 Å². The molecular formula is C10H12ClNO5S. The predicted molar refractivity (Wildman–Crippen MR) is 67.2 cm³/mol. The average Bonchev–Trinajstić information content (AvgIpc) is 2.37. The fourth-order valence-corrected chi connectivity index (χ4v) is 1.74. The average molecular weight is 294 g/mol. The van der Waals surface area contributed by atoms with Crippen LogP contribution < -0.4 is 9.46 Å². The fraction of sp³-hybridized carbons (Fsp3) is 0.300. The lowest BCUT2D eigenvalue weighted by molar-refractivity contribution is -0.142. The summed E-state index contributed by atoms with van der Waals surface area (Å²) in [6.45, 7) is -0.205. The first-order chi connectivity index (χ1) is 8.46. The molecular weight excluding hydrogens is 282 g/mol. The Hall–Kier alpha value is -1.47. The molecule has 0 unspecified atom stereocenters. The molecule has 0 saturated heterocycles. The number of nitrogens with one attached hydrogen (secondary N) is 1. The summed E-state index contributed by atoms with van der Waals surface area (Å²) in [7, 11) is -2.25. The van der Waals surface area contributed by atoms with Crippen LogP contribution in [-0.2, 0) is 19.6 Å². The SMILES string of the molecule is COC(=O)COc1ccc(NS(=O)(=O)CCl)cc1. The maximum Gasteiger partial charge on any atom is 0.343 e. The van der Waals surface area contributed by atoms with Gasteiger partial charge in [-0.05, 0) is 24.3 Å². The van der Waals surface area contributed by atoms with E-state index in [1.165, 1.54) is 31.4 Å². The van der Waals surface area contributed by atoms with Gasteiger partial charge in [-0.3, -0.25) is 4.72 Å². The summed E-state index contributed by atoms with van der Waals surface area (Å²) in [4.78, 5) is 10.8. The van der Waals surface area contributed by atoms with E-state index in [1.807, 2.05) is 0 Å². The number of carbonyl (C=O) groups is 1. The Kier molecular flexibility index (Phi) is 5.24. The third-order valence-corrected chi connectivity index (χ3v) is 3.55. The summed E-state index contributed by atoms with van der Waals surface area (Å²) in [6.07, 6.45) is 0. The Bertz CT molecular complexity index is 500. The van der Waals surface area contributed by atoms with Crippen LogP contribution in [0.1, 0.15) is 0 Å². The molecule has 0 bridgehead atoms. The summed E-state index contributed by atoms with van der Waals surface area (Å²) in [5.41, 5.74) is 0.362. The van der Waals surface area contributed by atoms with Gasteiger partial charge in [-0.2, -0.15) is 0 Å². The zero-order chi connectivity index (χ0) is 13.6. The maximum atomic E-state index is 11.2. The molecule has 1 aromatic carbocycles. The number of ether oxygens (including phenoxy) is 2. The fourth-order valence-electron chi connectivity index (χ4n) is 1.03. The van der Waals surface area contributed by atoms with E-state index in [2.05, 4.69) is 9.46 Å². The molecule has 1 aromatic rings. The van der Waals surface area contributed by atoms with Crippen molar-refractivity contribution in [3.05, 3.63) is 24.3 Å². The quantitative estimate of drug-likeness (QED) is 0.629. The normalized spacial score (nSPS) is 10.8. The number of hydrogen-bond acceptors (Lipinski definition) is 5. The van der Waals surface area contributed by atoms with Crippen LogP contribution in [0.25, 0.3) is 0 Å². The van der Waals surface area contributed by atoms with Crippen LogP contribution in [0.4, 0.5) is 5.69 Å². The molecule has 0 aliphatic carbocycles. The van der Waals surface area contributed by atoms with Crippen LogP contribution in [0, 0.1) is 0 Å². The number of anilines is 1. The summed E-state index contributed by atoms with van der Waals surface area (Å²) in [5.74, 6) is -0.0730. The first-order valence-corrected chi connectivity index (χ1v) is 7.01. The Morgan fingerprint density at radius 1 is 1.33 bits per heavy atom. The topological polar surface area (TPSA) is 81.7 Å². The summed E-state index contributed by atoms with van der Waals surface area (Å²) in [5, 5.41) is -0.520. The molecule has 6 nitrogen and oxygen atoms in total. The molecule has 0 amide bonds. The molecule has 0 saturated carbocycles. The molecule has 0 aromatic heterocycles. The highest BCUT2D eigenvalue weighted by atomic mass is 35.5. The highest BCUT2D eigenvalue weighted by Crippen LogP contribution is 2.16. The van der Waals surface area contributed by atoms with Crippen molar-refractivity contribution in [2.45, 2.75) is 0 Å². The van der Waals surface area contributed by atoms with Gasteiger partial charge in [0.2, 0.25) is 10.0 Å². The van der Waals surface area contributed by atoms with Crippen molar-refractivity contribution < 1.29 is 22.7 Å². The smallest absolute Gasteiger partial charge is 0.343 e. The molecule has 0 radical (unpaired) electrons. The number of halogens is 1. The van der Waals surface area contributed by atoms with E-state index in [0.717, 1.165) is 0 Å². The largest absolute Gasteiger partial charge is 0.482 e. The molecule has 0 heterocycles. The maximum absolute atomic E-state index is 11.2. The Morgan fingerprint density at radius 3 is 2.44 bits per heavy atom. The number of esters is 1. The van der Waals surface area contributed by atoms with E-state index >= 15 is 0 Å². The lowest BCUT2D eigenvalue weighted by Crippen LogP contribution is -2.14. The lowest BCUT2D eigenvalue weighted by Gasteiger charge is -2.07. The molecule has 0 spiro atoms. The summed E-state index contributed by atoms with van der Waals surface area (Å²) < 4.78 is 34.1. The number of alkyl halides is 1. The van der Waals surface area contributed by atoms with Gasteiger partial charge in [0.05, 0.1) is 7.11 Å². The second-order valence-electron chi connectivity index (χ2n) is 3.22. The third kappa shape index (κ3) is 4.80. The molecule has 0 atom stereocenters. The molecule has 0 aliphatic rings. The van der Waals surface area contributed by atoms with Gasteiger partial charge in [-0.25, -0.2) is 13.2 Å². The van der Waals surface area contributed by atoms with Gasteiger partial charge in [0, 0.05) is 5.69 Å². The number of carbonyl (C=O) groups excluding carboxylic acids is 1. The van der Waals surface area contributed by atoms with Gasteiger partial charge < -0.3 is 9.47 Å². The second kappa shape index (κ2) is 6.46. The number of hydrogen-bond donors (Lipinski definition) is 1. The minimum absolute atomic E-state index is 0.205. The van der Waals surface area contributed by atoms with Crippen molar-refractivity contribution in [3.8, 4) is 5.75 Å². The first kappa shape index (κ1) is 14.6. The van der Waals surface area contributed by atoms with Crippen LogP contribution in [0.5, 0.6) is 5.75 Å². The van der Waals surface area contributed by atoms with Gasteiger partial charge in [-0.1, -0.05) is 0 Å². The van der Waals surface area contributed by atoms with Crippen molar-refractivity contribution in [3.63, 3.8) is 0 Å². The van der Waals surface area contributed by atoms with Gasteiger partial charge in [0.15, 0.2) is 6.61 Å². The van der Waals surface area contributed by atoms with Crippen LogP contribution in [0.15, 0.2) is 24.3 Å². The van der Waals surface area contributed by atoms with Crippen LogP contribution in [0.3, 0.4) is 0 Å². The lowest BCUT2D eigenvalue weighted by atomic mass is 10.3. The van der Waals surface area contributed by atoms with Gasteiger partial charge >= 0.3 is 5.97 Å². The van der Waals surface area contributed by atoms with Crippen molar-refractivity contribution in [2.24, 2.45) is 0 Å². The van der Waals surface area contributed by atoms with Gasteiger partial charge in [0.25, 0.3) is 0 Å². The first-order valence-electron chi connectivity index (χ1n) is 4.83. The number of methoxy groups -OCH3 is 1. The van der Waals surface area contributed by atoms with Crippen LogP contribution in [-0.4, -0.2) is 33.3 Å². The monoisotopic (exact) mass is 293 g/mol. The zero-order valence-corrected chi connectivity index (χ0v) is 11.1. The van der Waals surface area contributed by atoms with E-state index < -0.39 is 21.2 Å². The minimum atomic E-state index is -3.51. The molecule has 1 rings (SSSR count). The summed E-state index contributed by atoms with van der Waals surface area (Å²) >= 11 is 5.25. The molecule has 8 heteroatoms. The highest BCUT2D eigenvalue weighted by molar-refractivity contribution is 7.93. The Morgan fingerprint density at radius 2 is 1.94 bits per heavy atom. The van der Waals surface area contributed by atoms with Crippen LogP contribution >= 0.6 is 11.6 Å². The molecule has 1 N–H and O–H groups in total. The van der Waals surface area contributed by atoms with Crippen molar-refractivity contribution >= 4 is 33.3 Å². The van der Waals surface area contributed by atoms with Crippen molar-refractivity contribution in [2.75, 3.05) is 23.7 Å². The van der Waals surface area contributed by atoms with E-state index in [9.17, 15) is 13.2 Å². The van der Waals surface area contributed by atoms with Gasteiger partial charge in [-0.15, -0.1) is 11.6 Å². The van der Waals surface area contributed by atoms with Crippen LogP contribution in [0.2, 0.25) is 0 Å². The van der Waals surface area contributed by atoms with E-state index in [1.54, 1.807) is 0 Å². The zero-order valence-electron chi connectivity index (χ0n) is 9.55. The minimum Gasteiger partial charge on any atom is -0.482 e. The molecule has 0 aliphatic heterocycles. The van der Waals surface area contributed by atoms with Gasteiger partial charge in [0.1, 0.15) is 11.0 Å². The summed E-state index contributed by atoms with van der Waals surface area (Å²) in [6, 6.07) is 6.04. The number of sulfonamides is 1.